The highest BCUT2D eigenvalue weighted by Gasteiger charge is 2.18. The van der Waals surface area contributed by atoms with Gasteiger partial charge in [-0.15, -0.1) is 0 Å². The monoisotopic (exact) mass is 482 g/mol. The van der Waals surface area contributed by atoms with Gasteiger partial charge in [-0.25, -0.2) is 0 Å². The van der Waals surface area contributed by atoms with Crippen LogP contribution in [0.1, 0.15) is 12.5 Å². The maximum Gasteiger partial charge on any atom is 0.269 e. The van der Waals surface area contributed by atoms with Crippen molar-refractivity contribution in [2.75, 3.05) is 19.0 Å². The van der Waals surface area contributed by atoms with E-state index in [4.69, 9.17) is 14.2 Å². The van der Waals surface area contributed by atoms with Crippen LogP contribution in [0, 0.1) is 11.3 Å². The third-order valence-electron chi connectivity index (χ3n) is 5.09. The molecule has 0 bridgehead atoms. The summed E-state index contributed by atoms with van der Waals surface area (Å²) in [6.07, 6.45) is 2.71. The number of pyridine rings is 1. The average molecular weight is 482 g/mol. The number of carbonyl (C=O) groups excluding carboxylic acids is 1. The molecular formula is C27H22N4O5. The molecule has 1 amide bonds. The second-order valence-corrected chi connectivity index (χ2v) is 7.40. The Labute approximate surface area is 206 Å². The van der Waals surface area contributed by atoms with Crippen molar-refractivity contribution in [2.24, 2.45) is 0 Å². The smallest absolute Gasteiger partial charge is 0.269 e. The lowest BCUT2D eigenvalue weighted by molar-refractivity contribution is -0.112. The van der Waals surface area contributed by atoms with Crippen LogP contribution in [0.4, 0.5) is 5.69 Å². The maximum absolute atomic E-state index is 13.3. The third-order valence-corrected chi connectivity index (χ3v) is 5.09. The van der Waals surface area contributed by atoms with Crippen LogP contribution in [0.15, 0.2) is 83.3 Å². The number of hydrogen-bond acceptors (Lipinski definition) is 7. The van der Waals surface area contributed by atoms with Crippen LogP contribution >= 0.6 is 0 Å². The first-order valence-corrected chi connectivity index (χ1v) is 11.0. The number of methoxy groups -OCH3 is 1. The van der Waals surface area contributed by atoms with Crippen LogP contribution in [0.3, 0.4) is 0 Å². The van der Waals surface area contributed by atoms with E-state index in [-0.39, 0.29) is 17.0 Å². The Morgan fingerprint density at radius 1 is 1.08 bits per heavy atom. The summed E-state index contributed by atoms with van der Waals surface area (Å²) in [5, 5.41) is 12.4. The van der Waals surface area contributed by atoms with Crippen molar-refractivity contribution < 1.29 is 19.0 Å². The minimum atomic E-state index is -0.692. The SMILES string of the molecule is CCOc1ccc(NC(=O)C(C#N)=Cc2c(Oc3ccccc3OC)nc3ccccn3c2=O)cc1. The van der Waals surface area contributed by atoms with Crippen molar-refractivity contribution in [3.63, 3.8) is 0 Å². The molecule has 2 aromatic carbocycles. The molecule has 9 nitrogen and oxygen atoms in total. The molecule has 0 saturated heterocycles. The molecule has 0 unspecified atom stereocenters. The molecule has 2 heterocycles. The predicted octanol–water partition coefficient (Wildman–Crippen LogP) is 4.44. The van der Waals surface area contributed by atoms with Crippen LogP contribution in [0.5, 0.6) is 23.1 Å². The molecule has 0 aliphatic rings. The van der Waals surface area contributed by atoms with Gasteiger partial charge in [-0.05, 0) is 61.5 Å². The molecule has 0 fully saturated rings. The first-order chi connectivity index (χ1) is 17.5. The molecule has 0 aliphatic heterocycles. The molecule has 0 saturated carbocycles. The molecular weight excluding hydrogens is 460 g/mol. The summed E-state index contributed by atoms with van der Waals surface area (Å²) in [7, 11) is 1.49. The van der Waals surface area contributed by atoms with Crippen LogP contribution < -0.4 is 25.1 Å². The van der Waals surface area contributed by atoms with Crippen molar-refractivity contribution >= 4 is 23.3 Å². The summed E-state index contributed by atoms with van der Waals surface area (Å²) in [5.41, 5.74) is -0.0796. The summed E-state index contributed by atoms with van der Waals surface area (Å²) in [5.74, 6) is 0.634. The average Bonchev–Trinajstić information content (AvgIpc) is 2.90. The van der Waals surface area contributed by atoms with E-state index in [0.717, 1.165) is 0 Å². The standard InChI is InChI=1S/C27H22N4O5/c1-3-35-20-13-11-19(12-14-20)29-25(32)18(17-28)16-21-26(36-23-9-5-4-8-22(23)34-2)30-24-10-6-7-15-31(24)27(21)33/h4-16H,3H2,1-2H3,(H,29,32). The van der Waals surface area contributed by atoms with Gasteiger partial charge in [0, 0.05) is 11.9 Å². The number of nitrogens with one attached hydrogen (secondary N) is 1. The molecule has 36 heavy (non-hydrogen) atoms. The molecule has 180 valence electrons. The van der Waals surface area contributed by atoms with E-state index >= 15 is 0 Å². The molecule has 2 aromatic heterocycles. The number of nitriles is 1. The number of para-hydroxylation sites is 2. The number of aromatic nitrogens is 2. The number of ether oxygens (including phenoxy) is 3. The van der Waals surface area contributed by atoms with Gasteiger partial charge in [0.05, 0.1) is 13.7 Å². The van der Waals surface area contributed by atoms with E-state index in [9.17, 15) is 14.9 Å². The van der Waals surface area contributed by atoms with Crippen LogP contribution in [0.2, 0.25) is 0 Å². The van der Waals surface area contributed by atoms with E-state index in [1.54, 1.807) is 72.9 Å². The largest absolute Gasteiger partial charge is 0.494 e. The van der Waals surface area contributed by atoms with E-state index in [0.29, 0.717) is 35.2 Å². The second-order valence-electron chi connectivity index (χ2n) is 7.40. The van der Waals surface area contributed by atoms with Crippen molar-refractivity contribution in [1.29, 1.82) is 5.26 Å². The van der Waals surface area contributed by atoms with Gasteiger partial charge >= 0.3 is 0 Å². The van der Waals surface area contributed by atoms with Crippen molar-refractivity contribution in [3.05, 3.63) is 94.4 Å². The summed E-state index contributed by atoms with van der Waals surface area (Å²) in [6, 6.07) is 20.5. The lowest BCUT2D eigenvalue weighted by atomic mass is 10.1. The molecule has 1 N–H and O–H groups in total. The number of benzene rings is 2. The Morgan fingerprint density at radius 3 is 2.50 bits per heavy atom. The Morgan fingerprint density at radius 2 is 1.81 bits per heavy atom. The van der Waals surface area contributed by atoms with Gasteiger partial charge in [0.2, 0.25) is 5.88 Å². The van der Waals surface area contributed by atoms with E-state index < -0.39 is 11.5 Å². The molecule has 4 rings (SSSR count). The van der Waals surface area contributed by atoms with Gasteiger partial charge in [0.25, 0.3) is 11.5 Å². The Hall–Kier alpha value is -5.10. The van der Waals surface area contributed by atoms with Crippen LogP contribution in [-0.4, -0.2) is 29.0 Å². The van der Waals surface area contributed by atoms with Crippen LogP contribution in [-0.2, 0) is 4.79 Å². The third kappa shape index (κ3) is 5.18. The molecule has 0 atom stereocenters. The van der Waals surface area contributed by atoms with Gasteiger partial charge in [-0.2, -0.15) is 10.2 Å². The summed E-state index contributed by atoms with van der Waals surface area (Å²) < 4.78 is 18.0. The number of hydrogen-bond donors (Lipinski definition) is 1. The lowest BCUT2D eigenvalue weighted by Crippen LogP contribution is -2.20. The van der Waals surface area contributed by atoms with Gasteiger partial charge in [-0.1, -0.05) is 18.2 Å². The predicted molar refractivity (Wildman–Crippen MR) is 134 cm³/mol. The van der Waals surface area contributed by atoms with Crippen molar-refractivity contribution in [2.45, 2.75) is 6.92 Å². The Bertz CT molecular complexity index is 1530. The molecule has 0 radical (unpaired) electrons. The van der Waals surface area contributed by atoms with Gasteiger partial charge < -0.3 is 19.5 Å². The molecule has 0 aliphatic carbocycles. The zero-order valence-corrected chi connectivity index (χ0v) is 19.6. The lowest BCUT2D eigenvalue weighted by Gasteiger charge is -2.12. The number of amides is 1. The minimum Gasteiger partial charge on any atom is -0.494 e. The fourth-order valence-corrected chi connectivity index (χ4v) is 3.38. The van der Waals surface area contributed by atoms with E-state index in [2.05, 4.69) is 10.3 Å². The van der Waals surface area contributed by atoms with Crippen LogP contribution in [0.25, 0.3) is 11.7 Å². The number of rotatable bonds is 8. The zero-order valence-electron chi connectivity index (χ0n) is 19.6. The molecule has 4 aromatic rings. The van der Waals surface area contributed by atoms with E-state index in [1.807, 2.05) is 13.0 Å². The number of anilines is 1. The maximum atomic E-state index is 13.3. The van der Waals surface area contributed by atoms with Gasteiger partial charge in [0.15, 0.2) is 11.5 Å². The first kappa shape index (κ1) is 24.0. The highest BCUT2D eigenvalue weighted by molar-refractivity contribution is 6.09. The number of carbonyl (C=O) groups is 1. The summed E-state index contributed by atoms with van der Waals surface area (Å²) >= 11 is 0. The summed E-state index contributed by atoms with van der Waals surface area (Å²) in [4.78, 5) is 30.7. The van der Waals surface area contributed by atoms with Crippen molar-refractivity contribution in [3.8, 4) is 29.2 Å². The zero-order chi connectivity index (χ0) is 25.5. The van der Waals surface area contributed by atoms with Gasteiger partial charge in [-0.3, -0.25) is 14.0 Å². The first-order valence-electron chi connectivity index (χ1n) is 11.0. The highest BCUT2D eigenvalue weighted by Crippen LogP contribution is 2.32. The second kappa shape index (κ2) is 10.9. The molecule has 0 spiro atoms. The summed E-state index contributed by atoms with van der Waals surface area (Å²) in [6.45, 7) is 2.39. The Balaban J connectivity index is 1.75. The minimum absolute atomic E-state index is 0.0667. The van der Waals surface area contributed by atoms with E-state index in [1.165, 1.54) is 17.6 Å². The molecule has 9 heteroatoms. The fraction of sp³-hybridized carbons (Fsp3) is 0.111. The fourth-order valence-electron chi connectivity index (χ4n) is 3.38. The highest BCUT2D eigenvalue weighted by atomic mass is 16.5. The Kier molecular flexibility index (Phi) is 7.27. The quantitative estimate of drug-likeness (QED) is 0.292. The van der Waals surface area contributed by atoms with Crippen molar-refractivity contribution in [1.82, 2.24) is 9.38 Å². The number of nitrogens with zero attached hydrogens (tertiary/aromatic N) is 3. The number of fused-ring (bicyclic) bond motifs is 1. The van der Waals surface area contributed by atoms with Gasteiger partial charge in [0.1, 0.15) is 28.6 Å². The topological polar surface area (TPSA) is 115 Å². The normalized spacial score (nSPS) is 11.0.